The number of carbonyl (C=O) groups excluding carboxylic acids is 1. The summed E-state index contributed by atoms with van der Waals surface area (Å²) >= 11 is 0. The van der Waals surface area contributed by atoms with Crippen molar-refractivity contribution in [3.05, 3.63) is 23.9 Å². The molecule has 1 aliphatic rings. The van der Waals surface area contributed by atoms with Crippen LogP contribution in [-0.2, 0) is 0 Å². The van der Waals surface area contributed by atoms with Crippen molar-refractivity contribution in [2.75, 3.05) is 26.0 Å². The molecule has 1 aromatic rings. The average molecular weight is 247 g/mol. The van der Waals surface area contributed by atoms with Crippen molar-refractivity contribution in [2.45, 2.75) is 25.7 Å². The van der Waals surface area contributed by atoms with Crippen molar-refractivity contribution < 1.29 is 4.79 Å². The zero-order valence-corrected chi connectivity index (χ0v) is 11.1. The van der Waals surface area contributed by atoms with Crippen LogP contribution in [0.25, 0.3) is 0 Å². The Labute approximate surface area is 108 Å². The second-order valence-corrected chi connectivity index (χ2v) is 5.16. The molecular formula is C14H21N3O. The van der Waals surface area contributed by atoms with Gasteiger partial charge in [-0.2, -0.15) is 0 Å². The Balaban J connectivity index is 1.89. The molecule has 98 valence electrons. The topological polar surface area (TPSA) is 45.2 Å². The van der Waals surface area contributed by atoms with Crippen LogP contribution >= 0.6 is 0 Å². The summed E-state index contributed by atoms with van der Waals surface area (Å²) in [5, 5.41) is 3.35. The van der Waals surface area contributed by atoms with Gasteiger partial charge in [-0.15, -0.1) is 0 Å². The molecule has 4 nitrogen and oxygen atoms in total. The molecule has 1 saturated carbocycles. The van der Waals surface area contributed by atoms with Gasteiger partial charge < -0.3 is 10.2 Å². The number of amides is 1. The van der Waals surface area contributed by atoms with E-state index in [1.54, 1.807) is 25.2 Å². The Morgan fingerprint density at radius 2 is 2.11 bits per heavy atom. The highest BCUT2D eigenvalue weighted by atomic mass is 16.2. The lowest BCUT2D eigenvalue weighted by molar-refractivity contribution is 0.0827. The molecule has 1 heterocycles. The normalized spacial score (nSPS) is 15.7. The summed E-state index contributed by atoms with van der Waals surface area (Å²) in [6, 6.07) is 3.71. The fraction of sp³-hybridized carbons (Fsp3) is 0.571. The van der Waals surface area contributed by atoms with Crippen molar-refractivity contribution in [1.82, 2.24) is 9.88 Å². The predicted octanol–water partition coefficient (Wildman–Crippen LogP) is 2.39. The highest BCUT2D eigenvalue weighted by molar-refractivity contribution is 5.93. The first-order chi connectivity index (χ1) is 8.66. The van der Waals surface area contributed by atoms with Crippen molar-refractivity contribution in [2.24, 2.45) is 5.92 Å². The lowest BCUT2D eigenvalue weighted by Crippen LogP contribution is -2.21. The molecule has 0 spiro atoms. The number of anilines is 1. The second-order valence-electron chi connectivity index (χ2n) is 5.16. The van der Waals surface area contributed by atoms with E-state index in [4.69, 9.17) is 0 Å². The smallest absolute Gasteiger partial charge is 0.254 e. The van der Waals surface area contributed by atoms with Crippen LogP contribution in [0.1, 0.15) is 36.0 Å². The Morgan fingerprint density at radius 3 is 2.67 bits per heavy atom. The van der Waals surface area contributed by atoms with E-state index in [0.29, 0.717) is 5.56 Å². The number of nitrogens with one attached hydrogen (secondary N) is 1. The molecule has 2 rings (SSSR count). The van der Waals surface area contributed by atoms with Crippen LogP contribution in [0, 0.1) is 5.92 Å². The van der Waals surface area contributed by atoms with Crippen molar-refractivity contribution in [3.8, 4) is 0 Å². The molecule has 0 aromatic carbocycles. The first-order valence-corrected chi connectivity index (χ1v) is 6.58. The third-order valence-electron chi connectivity index (χ3n) is 3.46. The maximum absolute atomic E-state index is 11.7. The number of carbonyl (C=O) groups is 1. The highest BCUT2D eigenvalue weighted by Gasteiger charge is 2.14. The van der Waals surface area contributed by atoms with Crippen LogP contribution in [0.3, 0.4) is 0 Å². The van der Waals surface area contributed by atoms with Crippen LogP contribution < -0.4 is 5.32 Å². The lowest BCUT2D eigenvalue weighted by atomic mass is 10.1. The number of hydrogen-bond acceptors (Lipinski definition) is 3. The van der Waals surface area contributed by atoms with E-state index in [2.05, 4.69) is 10.3 Å². The fourth-order valence-electron chi connectivity index (χ4n) is 2.35. The number of aromatic nitrogens is 1. The molecule has 0 atom stereocenters. The van der Waals surface area contributed by atoms with Gasteiger partial charge in [-0.05, 0) is 30.9 Å². The van der Waals surface area contributed by atoms with Gasteiger partial charge in [-0.1, -0.05) is 12.8 Å². The van der Waals surface area contributed by atoms with Gasteiger partial charge in [0.05, 0.1) is 5.56 Å². The predicted molar refractivity (Wildman–Crippen MR) is 72.7 cm³/mol. The summed E-state index contributed by atoms with van der Waals surface area (Å²) in [6.45, 7) is 0.994. The van der Waals surface area contributed by atoms with E-state index in [9.17, 15) is 4.79 Å². The SMILES string of the molecule is CN(C)C(=O)c1ccc(NCC2CCCC2)nc1. The minimum Gasteiger partial charge on any atom is -0.370 e. The van der Waals surface area contributed by atoms with Crippen LogP contribution in [0.5, 0.6) is 0 Å². The van der Waals surface area contributed by atoms with Gasteiger partial charge in [0.25, 0.3) is 5.91 Å². The third-order valence-corrected chi connectivity index (χ3v) is 3.46. The van der Waals surface area contributed by atoms with E-state index in [1.165, 1.54) is 25.7 Å². The van der Waals surface area contributed by atoms with Crippen molar-refractivity contribution >= 4 is 11.7 Å². The van der Waals surface area contributed by atoms with Gasteiger partial charge in [-0.25, -0.2) is 4.98 Å². The van der Waals surface area contributed by atoms with E-state index in [0.717, 1.165) is 18.3 Å². The Morgan fingerprint density at radius 1 is 1.39 bits per heavy atom. The molecule has 0 aliphatic heterocycles. The summed E-state index contributed by atoms with van der Waals surface area (Å²) in [4.78, 5) is 17.5. The number of hydrogen-bond donors (Lipinski definition) is 1. The maximum atomic E-state index is 11.7. The summed E-state index contributed by atoms with van der Waals surface area (Å²) in [7, 11) is 3.49. The second kappa shape index (κ2) is 5.85. The van der Waals surface area contributed by atoms with E-state index in [1.807, 2.05) is 12.1 Å². The minimum absolute atomic E-state index is 0.00940. The zero-order valence-electron chi connectivity index (χ0n) is 11.1. The molecule has 0 radical (unpaired) electrons. The van der Waals surface area contributed by atoms with Crippen LogP contribution in [0.15, 0.2) is 18.3 Å². The van der Waals surface area contributed by atoms with Gasteiger partial charge in [0.2, 0.25) is 0 Å². The van der Waals surface area contributed by atoms with Gasteiger partial charge in [0, 0.05) is 26.8 Å². The van der Waals surface area contributed by atoms with Crippen LogP contribution in [0.2, 0.25) is 0 Å². The van der Waals surface area contributed by atoms with Crippen LogP contribution in [0.4, 0.5) is 5.82 Å². The van der Waals surface area contributed by atoms with Crippen molar-refractivity contribution in [3.63, 3.8) is 0 Å². The summed E-state index contributed by atoms with van der Waals surface area (Å²) in [6.07, 6.45) is 7.00. The quantitative estimate of drug-likeness (QED) is 0.888. The molecule has 0 saturated heterocycles. The Kier molecular flexibility index (Phi) is 4.18. The van der Waals surface area contributed by atoms with Crippen molar-refractivity contribution in [1.29, 1.82) is 0 Å². The Bertz CT molecular complexity index is 394. The maximum Gasteiger partial charge on any atom is 0.254 e. The molecule has 18 heavy (non-hydrogen) atoms. The molecule has 1 amide bonds. The first-order valence-electron chi connectivity index (χ1n) is 6.58. The van der Waals surface area contributed by atoms with Crippen LogP contribution in [-0.4, -0.2) is 36.4 Å². The molecule has 1 aromatic heterocycles. The number of rotatable bonds is 4. The first kappa shape index (κ1) is 12.9. The molecule has 1 aliphatic carbocycles. The van der Waals surface area contributed by atoms with Gasteiger partial charge in [-0.3, -0.25) is 4.79 Å². The number of nitrogens with zero attached hydrogens (tertiary/aromatic N) is 2. The third kappa shape index (κ3) is 3.22. The minimum atomic E-state index is -0.00940. The molecule has 0 bridgehead atoms. The van der Waals surface area contributed by atoms with E-state index in [-0.39, 0.29) is 5.91 Å². The van der Waals surface area contributed by atoms with E-state index >= 15 is 0 Å². The van der Waals surface area contributed by atoms with E-state index < -0.39 is 0 Å². The number of pyridine rings is 1. The average Bonchev–Trinajstić information content (AvgIpc) is 2.89. The monoisotopic (exact) mass is 247 g/mol. The summed E-state index contributed by atoms with van der Waals surface area (Å²) in [5.41, 5.74) is 0.631. The van der Waals surface area contributed by atoms with Gasteiger partial charge >= 0.3 is 0 Å². The molecule has 1 N–H and O–H groups in total. The molecule has 4 heteroatoms. The fourth-order valence-corrected chi connectivity index (χ4v) is 2.35. The summed E-state index contributed by atoms with van der Waals surface area (Å²) in [5.74, 6) is 1.64. The Hall–Kier alpha value is -1.58. The van der Waals surface area contributed by atoms with Gasteiger partial charge in [0.15, 0.2) is 0 Å². The standard InChI is InChI=1S/C14H21N3O/c1-17(2)14(18)12-7-8-13(16-10-12)15-9-11-5-3-4-6-11/h7-8,10-11H,3-6,9H2,1-2H3,(H,15,16). The lowest BCUT2D eigenvalue weighted by Gasteiger charge is -2.12. The van der Waals surface area contributed by atoms with Gasteiger partial charge in [0.1, 0.15) is 5.82 Å². The summed E-state index contributed by atoms with van der Waals surface area (Å²) < 4.78 is 0. The largest absolute Gasteiger partial charge is 0.370 e. The molecule has 1 fully saturated rings. The zero-order chi connectivity index (χ0) is 13.0. The molecular weight excluding hydrogens is 226 g/mol. The molecule has 0 unspecified atom stereocenters. The highest BCUT2D eigenvalue weighted by Crippen LogP contribution is 2.24.